The van der Waals surface area contributed by atoms with Crippen LogP contribution in [-0.4, -0.2) is 43.5 Å². The summed E-state index contributed by atoms with van der Waals surface area (Å²) in [4.78, 5) is 0. The molecule has 0 saturated heterocycles. The second-order valence-corrected chi connectivity index (χ2v) is 5.05. The molecule has 0 bridgehead atoms. The van der Waals surface area contributed by atoms with Gasteiger partial charge in [-0.1, -0.05) is 6.92 Å². The Kier molecular flexibility index (Phi) is 3.68. The van der Waals surface area contributed by atoms with E-state index in [1.54, 1.807) is 21.0 Å². The highest BCUT2D eigenvalue weighted by molar-refractivity contribution is 7.86. The Balaban J connectivity index is 4.81. The van der Waals surface area contributed by atoms with Crippen LogP contribution in [0.2, 0.25) is 0 Å². The summed E-state index contributed by atoms with van der Waals surface area (Å²) >= 11 is 0. The van der Waals surface area contributed by atoms with E-state index in [-0.39, 0.29) is 0 Å². The summed E-state index contributed by atoms with van der Waals surface area (Å²) in [6.45, 7) is 4.33. The van der Waals surface area contributed by atoms with Crippen LogP contribution in [0.1, 0.15) is 20.3 Å². The lowest BCUT2D eigenvalue weighted by Crippen LogP contribution is -2.52. The van der Waals surface area contributed by atoms with Crippen LogP contribution < -0.4 is 0 Å². The van der Waals surface area contributed by atoms with Crippen molar-refractivity contribution in [1.29, 1.82) is 0 Å². The predicted octanol–water partition coefficient (Wildman–Crippen LogP) is 0.707. The molecule has 0 spiro atoms. The Bertz CT molecular complexity index is 233. The van der Waals surface area contributed by atoms with Gasteiger partial charge in [-0.3, -0.25) is 4.55 Å². The van der Waals surface area contributed by atoms with Crippen LogP contribution in [-0.2, 0) is 10.1 Å². The van der Waals surface area contributed by atoms with Crippen LogP contribution in [0.3, 0.4) is 0 Å². The lowest BCUT2D eigenvalue weighted by atomic mass is 10.4. The minimum atomic E-state index is -3.91. The lowest BCUT2D eigenvalue weighted by molar-refractivity contribution is -0.899. The molecule has 0 aliphatic carbocycles. The first-order chi connectivity index (χ1) is 5.25. The third kappa shape index (κ3) is 2.73. The zero-order valence-corrected chi connectivity index (χ0v) is 8.93. The van der Waals surface area contributed by atoms with Gasteiger partial charge in [0.15, 0.2) is 0 Å². The van der Waals surface area contributed by atoms with Gasteiger partial charge >= 0.3 is 10.1 Å². The molecule has 0 heterocycles. The second-order valence-electron chi connectivity index (χ2n) is 3.47. The Labute approximate surface area is 74.5 Å². The van der Waals surface area contributed by atoms with Crippen molar-refractivity contribution in [3.05, 3.63) is 0 Å². The zero-order valence-electron chi connectivity index (χ0n) is 8.11. The average Bonchev–Trinajstić information content (AvgIpc) is 1.85. The molecular weight excluding hydrogens is 178 g/mol. The van der Waals surface area contributed by atoms with Crippen molar-refractivity contribution in [3.8, 4) is 0 Å². The van der Waals surface area contributed by atoms with E-state index in [9.17, 15) is 8.42 Å². The summed E-state index contributed by atoms with van der Waals surface area (Å²) < 4.78 is 31.0. The van der Waals surface area contributed by atoms with E-state index >= 15 is 0 Å². The summed E-state index contributed by atoms with van der Waals surface area (Å²) in [7, 11) is -0.325. The fourth-order valence-electron chi connectivity index (χ4n) is 1.27. The topological polar surface area (TPSA) is 54.4 Å². The highest BCUT2D eigenvalue weighted by Crippen LogP contribution is 2.15. The summed E-state index contributed by atoms with van der Waals surface area (Å²) in [6, 6.07) is 0. The monoisotopic (exact) mass is 196 g/mol. The quantitative estimate of drug-likeness (QED) is 0.532. The van der Waals surface area contributed by atoms with Gasteiger partial charge in [0.05, 0.1) is 20.6 Å². The molecular formula is C7H18NO3S+. The van der Waals surface area contributed by atoms with Gasteiger partial charge in [-0.05, 0) is 6.92 Å². The Hall–Kier alpha value is -0.130. The Morgan fingerprint density at radius 3 is 1.83 bits per heavy atom. The molecule has 0 rings (SSSR count). The van der Waals surface area contributed by atoms with Crippen molar-refractivity contribution in [2.45, 2.75) is 25.6 Å². The normalized spacial score (nSPS) is 16.1. The molecule has 12 heavy (non-hydrogen) atoms. The average molecular weight is 196 g/mol. The van der Waals surface area contributed by atoms with E-state index in [1.165, 1.54) is 0 Å². The van der Waals surface area contributed by atoms with Gasteiger partial charge in [-0.15, -0.1) is 0 Å². The van der Waals surface area contributed by atoms with Crippen LogP contribution in [0.25, 0.3) is 0 Å². The molecule has 1 atom stereocenters. The maximum absolute atomic E-state index is 10.9. The second kappa shape index (κ2) is 3.72. The SMILES string of the molecule is CCC([N+](C)(C)CC)S(=O)(=O)O. The van der Waals surface area contributed by atoms with Crippen LogP contribution in [0.5, 0.6) is 0 Å². The van der Waals surface area contributed by atoms with Crippen molar-refractivity contribution in [2.75, 3.05) is 20.6 Å². The molecule has 5 heteroatoms. The van der Waals surface area contributed by atoms with Crippen molar-refractivity contribution >= 4 is 10.1 Å². The highest BCUT2D eigenvalue weighted by atomic mass is 32.2. The van der Waals surface area contributed by atoms with Crippen LogP contribution in [0.15, 0.2) is 0 Å². The molecule has 0 aromatic rings. The summed E-state index contributed by atoms with van der Waals surface area (Å²) in [6.07, 6.45) is 0.430. The van der Waals surface area contributed by atoms with Crippen LogP contribution in [0, 0.1) is 0 Å². The first-order valence-electron chi connectivity index (χ1n) is 4.04. The van der Waals surface area contributed by atoms with Crippen LogP contribution >= 0.6 is 0 Å². The summed E-state index contributed by atoms with van der Waals surface area (Å²) in [5.74, 6) is 0. The number of nitrogens with zero attached hydrogens (tertiary/aromatic N) is 1. The molecule has 0 fully saturated rings. The smallest absolute Gasteiger partial charge is 0.312 e. The molecule has 0 aliphatic heterocycles. The molecule has 0 amide bonds. The summed E-state index contributed by atoms with van der Waals surface area (Å²) in [5.41, 5.74) is 0. The first kappa shape index (κ1) is 11.9. The van der Waals surface area contributed by atoms with Crippen molar-refractivity contribution in [1.82, 2.24) is 0 Å². The van der Waals surface area contributed by atoms with Gasteiger partial charge in [0.25, 0.3) is 0 Å². The zero-order chi connectivity index (χ0) is 9.99. The predicted molar refractivity (Wildman–Crippen MR) is 48.3 cm³/mol. The first-order valence-corrected chi connectivity index (χ1v) is 5.55. The van der Waals surface area contributed by atoms with E-state index in [2.05, 4.69) is 0 Å². The van der Waals surface area contributed by atoms with Gasteiger partial charge in [0.2, 0.25) is 5.37 Å². The van der Waals surface area contributed by atoms with E-state index < -0.39 is 15.5 Å². The van der Waals surface area contributed by atoms with Crippen LogP contribution in [0.4, 0.5) is 0 Å². The Morgan fingerprint density at radius 2 is 1.75 bits per heavy atom. The van der Waals surface area contributed by atoms with Gasteiger partial charge in [-0.2, -0.15) is 8.42 Å². The van der Waals surface area contributed by atoms with Crippen molar-refractivity contribution in [3.63, 3.8) is 0 Å². The van der Waals surface area contributed by atoms with Gasteiger partial charge in [0, 0.05) is 6.42 Å². The van der Waals surface area contributed by atoms with Crippen molar-refractivity contribution in [2.24, 2.45) is 0 Å². The standard InChI is InChI=1S/C7H17NO3S/c1-5-7(12(9,10)11)8(3,4)6-2/h7H,5-6H2,1-4H3/p+1. The number of quaternary nitrogens is 1. The highest BCUT2D eigenvalue weighted by Gasteiger charge is 2.35. The number of hydrogen-bond donors (Lipinski definition) is 1. The number of rotatable bonds is 4. The van der Waals surface area contributed by atoms with Crippen molar-refractivity contribution < 1.29 is 17.5 Å². The molecule has 0 saturated carbocycles. The molecule has 0 aromatic heterocycles. The van der Waals surface area contributed by atoms with E-state index in [0.717, 1.165) is 0 Å². The van der Waals surface area contributed by atoms with Gasteiger partial charge < -0.3 is 4.48 Å². The Morgan fingerprint density at radius 1 is 1.33 bits per heavy atom. The molecule has 0 radical (unpaired) electrons. The van der Waals surface area contributed by atoms with Gasteiger partial charge in [-0.25, -0.2) is 0 Å². The van der Waals surface area contributed by atoms with E-state index in [4.69, 9.17) is 4.55 Å². The molecule has 74 valence electrons. The molecule has 1 unspecified atom stereocenters. The fraction of sp³-hybridized carbons (Fsp3) is 1.00. The molecule has 4 nitrogen and oxygen atoms in total. The third-order valence-corrected chi connectivity index (χ3v) is 3.88. The largest absolute Gasteiger partial charge is 0.319 e. The molecule has 0 aliphatic rings. The minimum absolute atomic E-state index is 0.301. The van der Waals surface area contributed by atoms with Gasteiger partial charge in [0.1, 0.15) is 0 Å². The fourth-order valence-corrected chi connectivity index (χ4v) is 2.56. The minimum Gasteiger partial charge on any atom is -0.312 e. The number of hydrogen-bond acceptors (Lipinski definition) is 2. The maximum Gasteiger partial charge on any atom is 0.319 e. The maximum atomic E-state index is 10.9. The summed E-state index contributed by atoms with van der Waals surface area (Å²) in [5, 5.41) is -0.706. The molecule has 1 N–H and O–H groups in total. The molecule has 0 aromatic carbocycles. The lowest BCUT2D eigenvalue weighted by Gasteiger charge is -2.34. The third-order valence-electron chi connectivity index (χ3n) is 2.29. The van der Waals surface area contributed by atoms with E-state index in [1.807, 2.05) is 6.92 Å². The van der Waals surface area contributed by atoms with E-state index in [0.29, 0.717) is 17.4 Å².